The van der Waals surface area contributed by atoms with Crippen molar-refractivity contribution in [2.75, 3.05) is 0 Å². The number of nitrogens with zero attached hydrogens (tertiary/aromatic N) is 6. The van der Waals surface area contributed by atoms with E-state index in [-0.39, 0.29) is 0 Å². The van der Waals surface area contributed by atoms with E-state index in [2.05, 4.69) is 49.9 Å². The van der Waals surface area contributed by atoms with Crippen LogP contribution in [0.1, 0.15) is 19.9 Å². The summed E-state index contributed by atoms with van der Waals surface area (Å²) in [5.74, 6) is 0.654. The molecule has 0 bridgehead atoms. The van der Waals surface area contributed by atoms with E-state index in [0.29, 0.717) is 11.9 Å². The average molecular weight is 357 g/mol. The van der Waals surface area contributed by atoms with Crippen LogP contribution >= 0.6 is 15.9 Å². The summed E-state index contributed by atoms with van der Waals surface area (Å²) in [5, 5.41) is 9.82. The van der Waals surface area contributed by atoms with Crippen LogP contribution in [0.5, 0.6) is 0 Å². The zero-order valence-electron chi connectivity index (χ0n) is 12.1. The number of para-hydroxylation sites is 1. The van der Waals surface area contributed by atoms with Crippen molar-refractivity contribution in [2.45, 2.75) is 19.9 Å². The maximum absolute atomic E-state index is 4.66. The third kappa shape index (κ3) is 2.00. The van der Waals surface area contributed by atoms with Crippen molar-refractivity contribution in [3.8, 4) is 11.4 Å². The predicted molar refractivity (Wildman–Crippen MR) is 87.6 cm³/mol. The molecule has 3 aromatic heterocycles. The Morgan fingerprint density at radius 3 is 2.86 bits per heavy atom. The summed E-state index contributed by atoms with van der Waals surface area (Å²) in [7, 11) is 0. The molecule has 0 radical (unpaired) electrons. The van der Waals surface area contributed by atoms with Crippen LogP contribution in [-0.2, 0) is 0 Å². The molecule has 0 N–H and O–H groups in total. The molecule has 4 aromatic rings. The molecular formula is C15H13BrN6. The van der Waals surface area contributed by atoms with Gasteiger partial charge in [-0.05, 0) is 41.9 Å². The summed E-state index contributed by atoms with van der Waals surface area (Å²) < 4.78 is 4.55. The highest BCUT2D eigenvalue weighted by molar-refractivity contribution is 9.10. The van der Waals surface area contributed by atoms with Gasteiger partial charge >= 0.3 is 0 Å². The number of halogens is 1. The van der Waals surface area contributed by atoms with E-state index in [1.807, 2.05) is 29.1 Å². The Morgan fingerprint density at radius 2 is 2.09 bits per heavy atom. The summed E-state index contributed by atoms with van der Waals surface area (Å²) in [4.78, 5) is 9.10. The largest absolute Gasteiger partial charge is 0.270 e. The number of rotatable bonds is 2. The third-order valence-corrected chi connectivity index (χ3v) is 4.18. The average Bonchev–Trinajstić information content (AvgIpc) is 3.14. The van der Waals surface area contributed by atoms with Crippen molar-refractivity contribution in [2.24, 2.45) is 0 Å². The highest BCUT2D eigenvalue weighted by Crippen LogP contribution is 2.25. The summed E-state index contributed by atoms with van der Waals surface area (Å²) >= 11 is 3.52. The molecular weight excluding hydrogens is 344 g/mol. The summed E-state index contributed by atoms with van der Waals surface area (Å²) in [5.41, 5.74) is 2.57. The van der Waals surface area contributed by atoms with E-state index in [1.54, 1.807) is 17.0 Å². The van der Waals surface area contributed by atoms with Crippen molar-refractivity contribution >= 4 is 32.5 Å². The van der Waals surface area contributed by atoms with Crippen LogP contribution in [0.4, 0.5) is 0 Å². The van der Waals surface area contributed by atoms with Crippen LogP contribution in [0.25, 0.3) is 27.9 Å². The molecule has 0 atom stereocenters. The molecule has 110 valence electrons. The molecule has 22 heavy (non-hydrogen) atoms. The lowest BCUT2D eigenvalue weighted by Gasteiger charge is -2.02. The molecule has 0 aliphatic carbocycles. The molecule has 0 spiro atoms. The van der Waals surface area contributed by atoms with Gasteiger partial charge in [0.15, 0.2) is 11.5 Å². The lowest BCUT2D eigenvalue weighted by molar-refractivity contribution is 0.532. The molecule has 3 heterocycles. The third-order valence-electron chi connectivity index (χ3n) is 3.54. The minimum Gasteiger partial charge on any atom is -0.270 e. The second-order valence-electron chi connectivity index (χ2n) is 5.39. The first kappa shape index (κ1) is 13.4. The van der Waals surface area contributed by atoms with Gasteiger partial charge in [-0.2, -0.15) is 5.10 Å². The fraction of sp³-hybridized carbons (Fsp3) is 0.200. The molecule has 0 amide bonds. The van der Waals surface area contributed by atoms with Crippen molar-refractivity contribution in [3.63, 3.8) is 0 Å². The van der Waals surface area contributed by atoms with Crippen LogP contribution in [0.3, 0.4) is 0 Å². The molecule has 1 aromatic carbocycles. The summed E-state index contributed by atoms with van der Waals surface area (Å²) in [6.45, 7) is 4.17. The zero-order chi connectivity index (χ0) is 15.3. The maximum Gasteiger partial charge on any atom is 0.185 e. The second kappa shape index (κ2) is 4.88. The standard InChI is InChI=1S/C15H13BrN6/c1-9(2)21-7-10(6-18-21)14-19-15-11-4-3-5-12(16)13(11)17-8-22(15)20-14/h3-9H,1-2H3. The van der Waals surface area contributed by atoms with E-state index < -0.39 is 0 Å². The summed E-state index contributed by atoms with van der Waals surface area (Å²) in [6.07, 6.45) is 5.44. The van der Waals surface area contributed by atoms with Gasteiger partial charge in [0.25, 0.3) is 0 Å². The Bertz CT molecular complexity index is 984. The zero-order valence-corrected chi connectivity index (χ0v) is 13.7. The van der Waals surface area contributed by atoms with Gasteiger partial charge in [0.2, 0.25) is 0 Å². The van der Waals surface area contributed by atoms with Crippen LogP contribution < -0.4 is 0 Å². The topological polar surface area (TPSA) is 60.9 Å². The van der Waals surface area contributed by atoms with Crippen LogP contribution in [0, 0.1) is 0 Å². The van der Waals surface area contributed by atoms with Crippen molar-refractivity contribution in [1.29, 1.82) is 0 Å². The molecule has 4 rings (SSSR count). The van der Waals surface area contributed by atoms with E-state index in [4.69, 9.17) is 0 Å². The van der Waals surface area contributed by atoms with Gasteiger partial charge < -0.3 is 0 Å². The van der Waals surface area contributed by atoms with Crippen molar-refractivity contribution in [3.05, 3.63) is 41.4 Å². The highest BCUT2D eigenvalue weighted by Gasteiger charge is 2.13. The molecule has 0 saturated carbocycles. The highest BCUT2D eigenvalue weighted by atomic mass is 79.9. The first-order valence-corrected chi connectivity index (χ1v) is 7.77. The first-order chi connectivity index (χ1) is 10.6. The first-order valence-electron chi connectivity index (χ1n) is 6.97. The fourth-order valence-corrected chi connectivity index (χ4v) is 2.85. The maximum atomic E-state index is 4.66. The van der Waals surface area contributed by atoms with Gasteiger partial charge in [0.1, 0.15) is 6.33 Å². The molecule has 7 heteroatoms. The predicted octanol–water partition coefficient (Wildman–Crippen LogP) is 3.48. The SMILES string of the molecule is CC(C)n1cc(-c2nc3c4cccc(Br)c4ncn3n2)cn1. The van der Waals surface area contributed by atoms with E-state index in [1.165, 1.54) is 0 Å². The Kier molecular flexibility index (Phi) is 2.97. The minimum absolute atomic E-state index is 0.309. The minimum atomic E-state index is 0.309. The van der Waals surface area contributed by atoms with Crippen molar-refractivity contribution in [1.82, 2.24) is 29.4 Å². The van der Waals surface area contributed by atoms with Gasteiger partial charge in [0, 0.05) is 22.1 Å². The van der Waals surface area contributed by atoms with Crippen LogP contribution in [-0.4, -0.2) is 29.4 Å². The van der Waals surface area contributed by atoms with Gasteiger partial charge in [-0.15, -0.1) is 5.10 Å². The Labute approximate surface area is 134 Å². The quantitative estimate of drug-likeness (QED) is 0.551. The van der Waals surface area contributed by atoms with E-state index in [9.17, 15) is 0 Å². The van der Waals surface area contributed by atoms with E-state index in [0.717, 1.165) is 26.6 Å². The fourth-order valence-electron chi connectivity index (χ4n) is 2.39. The van der Waals surface area contributed by atoms with Crippen molar-refractivity contribution < 1.29 is 0 Å². The Morgan fingerprint density at radius 1 is 1.23 bits per heavy atom. The Hall–Kier alpha value is -2.28. The lowest BCUT2D eigenvalue weighted by Crippen LogP contribution is -1.99. The number of hydrogen-bond donors (Lipinski definition) is 0. The molecule has 0 saturated heterocycles. The molecule has 0 fully saturated rings. The second-order valence-corrected chi connectivity index (χ2v) is 6.24. The monoisotopic (exact) mass is 356 g/mol. The van der Waals surface area contributed by atoms with Gasteiger partial charge in [0.05, 0.1) is 17.3 Å². The number of hydrogen-bond acceptors (Lipinski definition) is 4. The molecule has 0 unspecified atom stereocenters. The molecule has 6 nitrogen and oxygen atoms in total. The van der Waals surface area contributed by atoms with Gasteiger partial charge in [-0.3, -0.25) is 4.68 Å². The van der Waals surface area contributed by atoms with E-state index >= 15 is 0 Å². The molecule has 0 aliphatic heterocycles. The summed E-state index contributed by atoms with van der Waals surface area (Å²) in [6, 6.07) is 6.25. The number of fused-ring (bicyclic) bond motifs is 3. The Balaban J connectivity index is 1.93. The van der Waals surface area contributed by atoms with Crippen LogP contribution in [0.15, 0.2) is 41.4 Å². The smallest absolute Gasteiger partial charge is 0.185 e. The van der Waals surface area contributed by atoms with Gasteiger partial charge in [-0.25, -0.2) is 14.5 Å². The normalized spacial score (nSPS) is 11.8. The van der Waals surface area contributed by atoms with Gasteiger partial charge in [-0.1, -0.05) is 6.07 Å². The number of aromatic nitrogens is 6. The number of benzene rings is 1. The lowest BCUT2D eigenvalue weighted by atomic mass is 10.2. The molecule has 0 aliphatic rings. The van der Waals surface area contributed by atoms with Crippen LogP contribution in [0.2, 0.25) is 0 Å².